The van der Waals surface area contributed by atoms with Gasteiger partial charge in [-0.25, -0.2) is 0 Å². The fourth-order valence-corrected chi connectivity index (χ4v) is 23.7. The zero-order chi connectivity index (χ0) is 65.7. The second-order valence-corrected chi connectivity index (χ2v) is 33.8. The maximum absolute atomic E-state index is 12.4. The Kier molecular flexibility index (Phi) is 13.6. The van der Waals surface area contributed by atoms with Crippen LogP contribution in [0.4, 0.5) is 0 Å². The highest BCUT2D eigenvalue weighted by Gasteiger charge is 2.69. The first-order chi connectivity index (χ1) is 46.9. The normalized spacial score (nSPS) is 38.7. The molecule has 6 aromatic rings. The van der Waals surface area contributed by atoms with Crippen LogP contribution < -0.4 is 0 Å². The Hall–Kier alpha value is -6.98. The van der Waals surface area contributed by atoms with Gasteiger partial charge in [0.15, 0.2) is 0 Å². The molecule has 15 aliphatic rings. The summed E-state index contributed by atoms with van der Waals surface area (Å²) in [7, 11) is 8.94. The number of allylic oxidation sites excluding steroid dienone is 9. The summed E-state index contributed by atoms with van der Waals surface area (Å²) in [6.07, 6.45) is 56.8. The van der Waals surface area contributed by atoms with Gasteiger partial charge in [0.1, 0.15) is 5.78 Å². The van der Waals surface area contributed by atoms with Gasteiger partial charge in [-0.2, -0.15) is 0 Å². The quantitative estimate of drug-likeness (QED) is 0.167. The van der Waals surface area contributed by atoms with Crippen molar-refractivity contribution in [1.29, 1.82) is 0 Å². The molecular weight excluding hydrogens is 1190 g/mol. The van der Waals surface area contributed by atoms with Crippen LogP contribution in [0.5, 0.6) is 0 Å². The molecule has 496 valence electrons. The third kappa shape index (κ3) is 8.78. The van der Waals surface area contributed by atoms with Crippen LogP contribution in [0.25, 0.3) is 49.0 Å². The van der Waals surface area contributed by atoms with Gasteiger partial charge in [-0.3, -0.25) is 19.7 Å². The lowest BCUT2D eigenvalue weighted by atomic mass is 9.58. The van der Waals surface area contributed by atoms with E-state index in [0.717, 1.165) is 70.6 Å². The molecule has 0 unspecified atom stereocenters. The lowest BCUT2D eigenvalue weighted by Gasteiger charge is -2.54. The number of aromatic nitrogens is 3. The van der Waals surface area contributed by atoms with Crippen molar-refractivity contribution < 1.29 is 19.0 Å². The molecule has 97 heavy (non-hydrogen) atoms. The van der Waals surface area contributed by atoms with E-state index >= 15 is 0 Å². The van der Waals surface area contributed by atoms with Crippen LogP contribution in [0.1, 0.15) is 172 Å². The van der Waals surface area contributed by atoms with Crippen LogP contribution in [-0.4, -0.2) is 104 Å². The third-order valence-corrected chi connectivity index (χ3v) is 28.9. The van der Waals surface area contributed by atoms with Gasteiger partial charge >= 0.3 is 0 Å². The molecule has 9 nitrogen and oxygen atoms in total. The zero-order valence-electron chi connectivity index (χ0n) is 58.2. The first kappa shape index (κ1) is 61.1. The summed E-state index contributed by atoms with van der Waals surface area (Å²) in [5.41, 5.74) is 16.9. The molecule has 3 saturated heterocycles. The summed E-state index contributed by atoms with van der Waals surface area (Å²) in [6.45, 7) is 7.44. The first-order valence-corrected chi connectivity index (χ1v) is 37.2. The number of nitrogens with zero attached hydrogens (tertiary/aromatic N) is 5. The molecule has 9 heterocycles. The molecule has 0 radical (unpaired) electrons. The summed E-state index contributed by atoms with van der Waals surface area (Å²) < 4.78 is 21.9. The van der Waals surface area contributed by atoms with Gasteiger partial charge in [-0.15, -0.1) is 0 Å². The Labute approximate surface area is 573 Å². The Morgan fingerprint density at radius 1 is 0.412 bits per heavy atom. The number of rotatable bonds is 5. The van der Waals surface area contributed by atoms with Gasteiger partial charge in [-0.05, 0) is 270 Å². The molecular formula is C88H95N5O4. The molecule has 6 fully saturated rings. The molecule has 9 heteroatoms. The topological polar surface area (TPSA) is 89.9 Å². The van der Waals surface area contributed by atoms with E-state index in [1.54, 1.807) is 11.1 Å². The molecule has 21 rings (SSSR count). The molecule has 14 atom stereocenters. The summed E-state index contributed by atoms with van der Waals surface area (Å²) in [6, 6.07) is 28.2. The number of carbonyl (C=O) groups is 1. The molecule has 0 N–H and O–H groups in total. The molecule has 3 aromatic carbocycles. The maximum Gasteiger partial charge on any atom is 0.136 e. The third-order valence-electron chi connectivity index (χ3n) is 28.9. The predicted molar refractivity (Wildman–Crippen MR) is 389 cm³/mol. The minimum absolute atomic E-state index is 0.0276. The summed E-state index contributed by atoms with van der Waals surface area (Å²) in [5, 5.41) is 7.41. The van der Waals surface area contributed by atoms with Gasteiger partial charge in [-0.1, -0.05) is 112 Å². The second-order valence-electron chi connectivity index (χ2n) is 33.8. The second kappa shape index (κ2) is 21.5. The van der Waals surface area contributed by atoms with E-state index in [1.807, 2.05) is 37.2 Å². The predicted octanol–water partition coefficient (Wildman–Crippen LogP) is 18.6. The van der Waals surface area contributed by atoms with E-state index in [1.165, 1.54) is 139 Å². The largest absolute Gasteiger partial charge is 0.359 e. The number of hydrogen-bond acceptors (Lipinski definition) is 9. The number of pyridine rings is 3. The van der Waals surface area contributed by atoms with Crippen molar-refractivity contribution >= 4 is 54.8 Å². The standard InChI is InChI=1S/2C30H34N2O.C28H27NO2/c2*1-28-12-10-24-17-23-6-7-25(32(2)3)18-29(23)13-14-30(24,33-29)27(28)9-8-26(28)21-5-4-20-11-15-31-19-22(20)16-21;1-26-10-8-22-15-21-4-5-23(30)16-27(21)11-12-28(22,31-27)25(26)7-6-24(26)19-3-2-18-9-13-29-17-20(18)14-19/h2*4-5,8,10-11,15-17,19,25,27H,6-7,9,12-14,18H2,1-3H3;2-3,6,8-9,13-15,17,25H,4-5,7,10-12,16H2,1H3/t25-,27+,28+,29+,30+;25-,27-,28-,29-,30-;25-,26-,27-,28-/m011/s1. The van der Waals surface area contributed by atoms with Crippen molar-refractivity contribution in [1.82, 2.24) is 24.8 Å². The Morgan fingerprint density at radius 2 is 0.773 bits per heavy atom. The van der Waals surface area contributed by atoms with E-state index in [-0.39, 0.29) is 49.9 Å². The van der Waals surface area contributed by atoms with E-state index in [2.05, 4.69) is 201 Å². The van der Waals surface area contributed by atoms with Crippen molar-refractivity contribution in [3.05, 3.63) is 215 Å². The lowest BCUT2D eigenvalue weighted by molar-refractivity contribution is -0.143. The van der Waals surface area contributed by atoms with Crippen LogP contribution in [0.2, 0.25) is 0 Å². The molecule has 3 aromatic heterocycles. The van der Waals surface area contributed by atoms with Crippen molar-refractivity contribution in [2.75, 3.05) is 28.2 Å². The highest BCUT2D eigenvalue weighted by molar-refractivity contribution is 5.90. The highest BCUT2D eigenvalue weighted by atomic mass is 16.5. The molecule has 6 aliphatic heterocycles. The van der Waals surface area contributed by atoms with Crippen molar-refractivity contribution in [2.45, 2.75) is 201 Å². The van der Waals surface area contributed by atoms with Crippen molar-refractivity contribution in [3.8, 4) is 0 Å². The lowest BCUT2D eigenvalue weighted by Crippen LogP contribution is -2.54. The number of benzene rings is 3. The summed E-state index contributed by atoms with van der Waals surface area (Å²) >= 11 is 0. The maximum atomic E-state index is 12.4. The van der Waals surface area contributed by atoms with E-state index in [0.29, 0.717) is 48.5 Å². The monoisotopic (exact) mass is 1290 g/mol. The fraction of sp³-hybridized carbons (Fsp3) is 0.477. The summed E-state index contributed by atoms with van der Waals surface area (Å²) in [4.78, 5) is 30.2. The molecule has 3 saturated carbocycles. The number of carbonyl (C=O) groups excluding carboxylic acids is 1. The fourth-order valence-electron chi connectivity index (χ4n) is 23.7. The number of hydrogen-bond donors (Lipinski definition) is 0. The Bertz CT molecular complexity index is 4500. The molecule has 0 amide bonds. The van der Waals surface area contributed by atoms with Crippen molar-refractivity contribution in [3.63, 3.8) is 0 Å². The average molecular weight is 1290 g/mol. The Balaban J connectivity index is 0.000000102. The van der Waals surface area contributed by atoms with E-state index in [9.17, 15) is 4.79 Å². The van der Waals surface area contributed by atoms with Gasteiger partial charge < -0.3 is 24.0 Å². The van der Waals surface area contributed by atoms with Gasteiger partial charge in [0, 0.05) is 112 Å². The number of ether oxygens (including phenoxy) is 3. The van der Waals surface area contributed by atoms with E-state index in [4.69, 9.17) is 14.2 Å². The highest BCUT2D eigenvalue weighted by Crippen LogP contribution is 2.71. The van der Waals surface area contributed by atoms with Crippen LogP contribution in [0.15, 0.2) is 198 Å². The SMILES string of the molecule is CN(C)[C@@H]1CCC2=CC3=CC[C@]4(C)C(c5ccc6ccncc6c5)=CC[C@H]4[C@@]34CC[C@]2(C1)O4.CN(C)[C@H]1CCC2=CC3=CC[C@]4(C)C(c5ccc6ccncc6c5)=CC[C@H]4[C@@]34CC[C@]2(C1)O4.C[C@]12CC=C3C=C4CCC(=O)C[C@]45CC[C@]3(O5)[C@@H]1CC=C2c1ccc2ccncc2c1. The van der Waals surface area contributed by atoms with Crippen LogP contribution >= 0.6 is 0 Å². The minimum Gasteiger partial charge on any atom is -0.359 e. The molecule has 6 spiro atoms. The van der Waals surface area contributed by atoms with Crippen LogP contribution in [0.3, 0.4) is 0 Å². The Morgan fingerprint density at radius 3 is 1.15 bits per heavy atom. The van der Waals surface area contributed by atoms with E-state index < -0.39 is 0 Å². The molecule has 6 bridgehead atoms. The number of fused-ring (bicyclic) bond motifs is 6. The van der Waals surface area contributed by atoms with Gasteiger partial charge in [0.25, 0.3) is 0 Å². The van der Waals surface area contributed by atoms with Crippen LogP contribution in [-0.2, 0) is 19.0 Å². The smallest absolute Gasteiger partial charge is 0.136 e. The van der Waals surface area contributed by atoms with Crippen molar-refractivity contribution in [2.24, 2.45) is 34.0 Å². The number of Topliss-reactive ketones (excluding diaryl/α,β-unsaturated/α-hetero) is 1. The average Bonchev–Trinajstić information content (AvgIpc) is 1.55. The minimum atomic E-state index is -0.317. The zero-order valence-corrected chi connectivity index (χ0v) is 58.2. The van der Waals surface area contributed by atoms with Gasteiger partial charge in [0.2, 0.25) is 0 Å². The van der Waals surface area contributed by atoms with Gasteiger partial charge in [0.05, 0.1) is 33.6 Å². The van der Waals surface area contributed by atoms with Crippen LogP contribution in [0, 0.1) is 34.0 Å². The summed E-state index contributed by atoms with van der Waals surface area (Å²) in [5.74, 6) is 1.83. The molecule has 9 aliphatic carbocycles. The number of ketones is 1. The first-order valence-electron chi connectivity index (χ1n) is 37.2.